The zero-order valence-electron chi connectivity index (χ0n) is 25.6. The molecule has 0 saturated heterocycles. The topological polar surface area (TPSA) is 126 Å². The number of likely N-dealkylation sites (N-methyl/N-ethyl adjacent to an activating group) is 2. The lowest BCUT2D eigenvalue weighted by Gasteiger charge is -2.43. The zero-order chi connectivity index (χ0) is 34.5. The Bertz CT molecular complexity index is 1560. The molecule has 2 aromatic carbocycles. The highest BCUT2D eigenvalue weighted by Crippen LogP contribution is 2.44. The van der Waals surface area contributed by atoms with E-state index in [0.717, 1.165) is 36.4 Å². The van der Waals surface area contributed by atoms with Crippen LogP contribution in [0.2, 0.25) is 0 Å². The van der Waals surface area contributed by atoms with Gasteiger partial charge in [-0.15, -0.1) is 0 Å². The number of carbonyl (C=O) groups excluding carboxylic acids is 2. The van der Waals surface area contributed by atoms with E-state index < -0.39 is 47.0 Å². The van der Waals surface area contributed by atoms with E-state index in [-0.39, 0.29) is 48.8 Å². The van der Waals surface area contributed by atoms with Crippen LogP contribution in [0.4, 0.5) is 37.7 Å². The van der Waals surface area contributed by atoms with Gasteiger partial charge in [0, 0.05) is 27.2 Å². The largest absolute Gasteiger partial charge is 0.448 e. The fourth-order valence-corrected chi connectivity index (χ4v) is 5.94. The van der Waals surface area contributed by atoms with Crippen molar-refractivity contribution in [2.75, 3.05) is 63.2 Å². The van der Waals surface area contributed by atoms with E-state index in [0.29, 0.717) is 37.9 Å². The molecule has 2 atom stereocenters. The summed E-state index contributed by atoms with van der Waals surface area (Å²) < 4.78 is 104. The first-order valence-corrected chi connectivity index (χ1v) is 14.8. The molecule has 0 spiro atoms. The number of hydrogen-bond acceptors (Lipinski definition) is 12. The molecule has 0 bridgehead atoms. The molecule has 0 aromatic heterocycles. The standard InChI is InChI=1S/C30H30F6N6O6/c1-41-15-27(13-23-37-7-8-38-23,45-21-5-3-17(11-19(21)41)29(31,32)33)47-25(43)26(44)48-28(14-24-39-9-10-40-24)16-42(2)20-12-18(30(34,35)36)4-6-22(20)46-28/h3-6,11-12H,7-10,13-16H2,1-2H3,(H,37,38)(H,39,40). The normalized spacial score (nSPS) is 23.4. The van der Waals surface area contributed by atoms with Crippen molar-refractivity contribution < 1.29 is 54.9 Å². The molecule has 12 nitrogen and oxygen atoms in total. The summed E-state index contributed by atoms with van der Waals surface area (Å²) in [7, 11) is 2.95. The molecule has 6 rings (SSSR count). The van der Waals surface area contributed by atoms with Gasteiger partial charge in [-0.3, -0.25) is 9.98 Å². The third-order valence-electron chi connectivity index (χ3n) is 8.03. The minimum Gasteiger partial charge on any atom is -0.448 e. The molecule has 2 N–H and O–H groups in total. The van der Waals surface area contributed by atoms with Crippen molar-refractivity contribution in [1.29, 1.82) is 0 Å². The SMILES string of the molecule is CN1CC(CC2=NCCN2)(OC(=O)C(=O)OC2(CC3=NCCN3)CN(C)c3cc(C(F)(F)F)ccc3O2)Oc2ccc(C(F)(F)F)cc21. The molecule has 18 heteroatoms. The molecule has 0 aliphatic carbocycles. The van der Waals surface area contributed by atoms with Crippen LogP contribution >= 0.6 is 0 Å². The van der Waals surface area contributed by atoms with Crippen LogP contribution < -0.4 is 29.9 Å². The third kappa shape index (κ3) is 6.73. The summed E-state index contributed by atoms with van der Waals surface area (Å²) in [5.74, 6) is -6.19. The van der Waals surface area contributed by atoms with Crippen LogP contribution in [-0.2, 0) is 31.4 Å². The zero-order valence-corrected chi connectivity index (χ0v) is 25.6. The van der Waals surface area contributed by atoms with E-state index in [2.05, 4.69) is 20.6 Å². The van der Waals surface area contributed by atoms with Crippen molar-refractivity contribution in [1.82, 2.24) is 10.6 Å². The number of alkyl halides is 6. The van der Waals surface area contributed by atoms with Crippen LogP contribution in [-0.4, -0.2) is 88.5 Å². The molecule has 0 amide bonds. The highest BCUT2D eigenvalue weighted by Gasteiger charge is 2.50. The number of nitrogens with one attached hydrogen (secondary N) is 2. The van der Waals surface area contributed by atoms with Gasteiger partial charge in [0.1, 0.15) is 23.2 Å². The first-order chi connectivity index (χ1) is 22.5. The van der Waals surface area contributed by atoms with Crippen LogP contribution in [0.15, 0.2) is 46.4 Å². The van der Waals surface area contributed by atoms with Gasteiger partial charge in [-0.05, 0) is 36.4 Å². The molecule has 4 aliphatic rings. The van der Waals surface area contributed by atoms with Crippen molar-refractivity contribution in [3.8, 4) is 11.5 Å². The Morgan fingerprint density at radius 1 is 0.750 bits per heavy atom. The number of ether oxygens (including phenoxy) is 4. The number of halogens is 6. The molecule has 2 aromatic rings. The molecular formula is C30H30F6N6O6. The maximum Gasteiger partial charge on any atom is 0.420 e. The van der Waals surface area contributed by atoms with Crippen LogP contribution in [0.5, 0.6) is 11.5 Å². The first-order valence-electron chi connectivity index (χ1n) is 14.8. The maximum atomic E-state index is 13.5. The van der Waals surface area contributed by atoms with Crippen molar-refractivity contribution in [2.45, 2.75) is 36.8 Å². The van der Waals surface area contributed by atoms with Gasteiger partial charge >= 0.3 is 24.3 Å². The number of hydrogen-bond donors (Lipinski definition) is 2. The number of anilines is 2. The van der Waals surface area contributed by atoms with Gasteiger partial charge < -0.3 is 39.4 Å². The van der Waals surface area contributed by atoms with Crippen molar-refractivity contribution in [3.05, 3.63) is 47.5 Å². The fourth-order valence-electron chi connectivity index (χ4n) is 5.94. The van der Waals surface area contributed by atoms with E-state index in [1.165, 1.54) is 23.9 Å². The summed E-state index contributed by atoms with van der Waals surface area (Å²) in [6, 6.07) is 5.63. The number of carbonyl (C=O) groups is 2. The Hall–Kier alpha value is -4.90. The van der Waals surface area contributed by atoms with Crippen LogP contribution in [0.25, 0.3) is 0 Å². The number of esters is 2. The minimum absolute atomic E-state index is 0.0367. The molecule has 2 unspecified atom stereocenters. The second kappa shape index (κ2) is 12.0. The molecular weight excluding hydrogens is 654 g/mol. The number of aliphatic imine (C=N–C) groups is 2. The van der Waals surface area contributed by atoms with Gasteiger partial charge in [0.2, 0.25) is 0 Å². The molecule has 0 radical (unpaired) electrons. The van der Waals surface area contributed by atoms with Gasteiger partial charge in [0.05, 0.1) is 61.5 Å². The van der Waals surface area contributed by atoms with Crippen molar-refractivity contribution in [3.63, 3.8) is 0 Å². The van der Waals surface area contributed by atoms with Gasteiger partial charge in [0.15, 0.2) is 0 Å². The summed E-state index contributed by atoms with van der Waals surface area (Å²) in [4.78, 5) is 38.4. The smallest absolute Gasteiger partial charge is 0.420 e. The summed E-state index contributed by atoms with van der Waals surface area (Å²) in [6.45, 7) is 1.22. The predicted octanol–water partition coefficient (Wildman–Crippen LogP) is 3.34. The third-order valence-corrected chi connectivity index (χ3v) is 8.03. The van der Waals surface area contributed by atoms with E-state index in [9.17, 15) is 35.9 Å². The molecule has 48 heavy (non-hydrogen) atoms. The monoisotopic (exact) mass is 684 g/mol. The lowest BCUT2D eigenvalue weighted by Crippen LogP contribution is -2.58. The number of nitrogens with zero attached hydrogens (tertiary/aromatic N) is 4. The first kappa shape index (κ1) is 33.0. The summed E-state index contributed by atoms with van der Waals surface area (Å²) in [5, 5.41) is 6.04. The Morgan fingerprint density at radius 2 is 1.15 bits per heavy atom. The number of amidine groups is 2. The summed E-state index contributed by atoms with van der Waals surface area (Å²) in [6.07, 6.45) is -9.60. The Balaban J connectivity index is 1.27. The average Bonchev–Trinajstić information content (AvgIpc) is 3.70. The molecule has 4 aliphatic heterocycles. The second-order valence-corrected chi connectivity index (χ2v) is 11.7. The highest BCUT2D eigenvalue weighted by atomic mass is 19.4. The molecule has 4 heterocycles. The van der Waals surface area contributed by atoms with Gasteiger partial charge in [-0.1, -0.05) is 0 Å². The predicted molar refractivity (Wildman–Crippen MR) is 158 cm³/mol. The summed E-state index contributed by atoms with van der Waals surface area (Å²) in [5.41, 5.74) is -1.66. The number of rotatable bonds is 6. The van der Waals surface area contributed by atoms with Crippen LogP contribution in [0, 0.1) is 0 Å². The summed E-state index contributed by atoms with van der Waals surface area (Å²) >= 11 is 0. The average molecular weight is 685 g/mol. The van der Waals surface area contributed by atoms with E-state index in [1.54, 1.807) is 0 Å². The maximum absolute atomic E-state index is 13.5. The fraction of sp³-hybridized carbons (Fsp3) is 0.467. The number of fused-ring (bicyclic) bond motifs is 2. The quantitative estimate of drug-likeness (QED) is 0.266. The van der Waals surface area contributed by atoms with Crippen LogP contribution in [0.3, 0.4) is 0 Å². The lowest BCUT2D eigenvalue weighted by molar-refractivity contribution is -0.220. The number of benzene rings is 2. The minimum atomic E-state index is -4.62. The van der Waals surface area contributed by atoms with E-state index in [1.807, 2.05) is 0 Å². The van der Waals surface area contributed by atoms with Gasteiger partial charge in [-0.2, -0.15) is 26.3 Å². The van der Waals surface area contributed by atoms with Crippen LogP contribution in [0.1, 0.15) is 24.0 Å². The Kier molecular flexibility index (Phi) is 8.23. The molecule has 258 valence electrons. The lowest BCUT2D eigenvalue weighted by atomic mass is 10.1. The Morgan fingerprint density at radius 3 is 1.48 bits per heavy atom. The van der Waals surface area contributed by atoms with Crippen molar-refractivity contribution >= 4 is 35.0 Å². The van der Waals surface area contributed by atoms with Gasteiger partial charge in [0.25, 0.3) is 11.6 Å². The Labute approximate surface area is 269 Å². The van der Waals surface area contributed by atoms with Gasteiger partial charge in [-0.25, -0.2) is 9.59 Å². The second-order valence-electron chi connectivity index (χ2n) is 11.7. The van der Waals surface area contributed by atoms with E-state index >= 15 is 0 Å². The van der Waals surface area contributed by atoms with Crippen molar-refractivity contribution in [2.24, 2.45) is 9.98 Å². The molecule has 0 saturated carbocycles. The van der Waals surface area contributed by atoms with E-state index in [4.69, 9.17) is 18.9 Å². The highest BCUT2D eigenvalue weighted by molar-refractivity contribution is 6.30. The molecule has 0 fully saturated rings.